The molecule has 154 valence electrons. The van der Waals surface area contributed by atoms with Crippen LogP contribution in [0.2, 0.25) is 0 Å². The molecule has 2 amide bonds. The first kappa shape index (κ1) is 18.7. The minimum atomic E-state index is 0.130. The Balaban J connectivity index is 1.39. The van der Waals surface area contributed by atoms with Gasteiger partial charge >= 0.3 is 0 Å². The summed E-state index contributed by atoms with van der Waals surface area (Å²) < 4.78 is 7.35. The van der Waals surface area contributed by atoms with Crippen molar-refractivity contribution in [3.63, 3.8) is 0 Å². The standard InChI is InChI=1S/C23H29N3O3/c1-29-11-10-24-9-8-18-19(4-2-6-21(18)24)23(28)25-13-16-12-17(15-25)20-5-3-7-22(27)26(20)14-16/h2,4,6,8-9,16-17,20H,3,5,7,10-15H2,1H3/t16-,17+,20+/m1/s1. The zero-order valence-corrected chi connectivity index (χ0v) is 17.0. The van der Waals surface area contributed by atoms with Gasteiger partial charge < -0.3 is 19.1 Å². The van der Waals surface area contributed by atoms with Crippen molar-refractivity contribution < 1.29 is 14.3 Å². The molecular weight excluding hydrogens is 366 g/mol. The molecule has 3 aliphatic heterocycles. The van der Waals surface area contributed by atoms with Crippen molar-refractivity contribution in [2.75, 3.05) is 33.4 Å². The second-order valence-electron chi connectivity index (χ2n) is 8.82. The Morgan fingerprint density at radius 3 is 2.97 bits per heavy atom. The van der Waals surface area contributed by atoms with Crippen molar-refractivity contribution in [2.45, 2.75) is 38.3 Å². The molecule has 5 rings (SSSR count). The Morgan fingerprint density at radius 1 is 1.21 bits per heavy atom. The number of likely N-dealkylation sites (tertiary alicyclic amines) is 1. The summed E-state index contributed by atoms with van der Waals surface area (Å²) in [4.78, 5) is 30.0. The lowest BCUT2D eigenvalue weighted by atomic mass is 9.76. The fourth-order valence-electron chi connectivity index (χ4n) is 5.74. The first-order valence-electron chi connectivity index (χ1n) is 10.8. The lowest BCUT2D eigenvalue weighted by Crippen LogP contribution is -2.61. The van der Waals surface area contributed by atoms with E-state index in [4.69, 9.17) is 4.74 Å². The first-order chi connectivity index (χ1) is 14.2. The number of rotatable bonds is 4. The van der Waals surface area contributed by atoms with E-state index in [9.17, 15) is 9.59 Å². The van der Waals surface area contributed by atoms with E-state index >= 15 is 0 Å². The predicted octanol–water partition coefficient (Wildman–Crippen LogP) is 2.76. The Kier molecular flexibility index (Phi) is 4.82. The summed E-state index contributed by atoms with van der Waals surface area (Å²) in [5, 5.41) is 1.01. The molecule has 2 aromatic rings. The Bertz CT molecular complexity index is 937. The van der Waals surface area contributed by atoms with E-state index in [1.807, 2.05) is 24.4 Å². The van der Waals surface area contributed by atoms with E-state index < -0.39 is 0 Å². The fourth-order valence-corrected chi connectivity index (χ4v) is 5.74. The van der Waals surface area contributed by atoms with Crippen molar-refractivity contribution in [3.05, 3.63) is 36.0 Å². The van der Waals surface area contributed by atoms with Gasteiger partial charge in [0.05, 0.1) is 6.61 Å². The van der Waals surface area contributed by atoms with Crippen LogP contribution in [0, 0.1) is 11.8 Å². The molecule has 0 spiro atoms. The number of benzene rings is 1. The Labute approximate surface area is 171 Å². The lowest BCUT2D eigenvalue weighted by Gasteiger charge is -2.52. The molecule has 6 nitrogen and oxygen atoms in total. The number of methoxy groups -OCH3 is 1. The highest BCUT2D eigenvalue weighted by Gasteiger charge is 2.44. The van der Waals surface area contributed by atoms with Gasteiger partial charge in [-0.15, -0.1) is 0 Å². The molecule has 0 N–H and O–H groups in total. The molecule has 3 atom stereocenters. The maximum atomic E-state index is 13.5. The summed E-state index contributed by atoms with van der Waals surface area (Å²) in [7, 11) is 1.70. The van der Waals surface area contributed by atoms with Gasteiger partial charge in [0.25, 0.3) is 5.91 Å². The van der Waals surface area contributed by atoms with E-state index in [0.717, 1.165) is 61.9 Å². The summed E-state index contributed by atoms with van der Waals surface area (Å²) in [6, 6.07) is 8.37. The fraction of sp³-hybridized carbons (Fsp3) is 0.565. The zero-order valence-electron chi connectivity index (χ0n) is 17.0. The normalized spacial score (nSPS) is 26.7. The summed E-state index contributed by atoms with van der Waals surface area (Å²) in [6.07, 6.45) is 5.96. The van der Waals surface area contributed by atoms with Gasteiger partial charge in [0.15, 0.2) is 0 Å². The van der Waals surface area contributed by atoms with Crippen LogP contribution in [0.15, 0.2) is 30.5 Å². The highest BCUT2D eigenvalue weighted by Crippen LogP contribution is 2.38. The number of ether oxygens (including phenoxy) is 1. The smallest absolute Gasteiger partial charge is 0.254 e. The second-order valence-corrected chi connectivity index (χ2v) is 8.82. The number of hydrogen-bond acceptors (Lipinski definition) is 3. The third-order valence-corrected chi connectivity index (χ3v) is 7.05. The number of fused-ring (bicyclic) bond motifs is 5. The molecule has 0 unspecified atom stereocenters. The molecule has 3 fully saturated rings. The summed E-state index contributed by atoms with van der Waals surface area (Å²) in [5.41, 5.74) is 1.87. The maximum absolute atomic E-state index is 13.5. The van der Waals surface area contributed by atoms with Crippen molar-refractivity contribution in [1.29, 1.82) is 0 Å². The van der Waals surface area contributed by atoms with Crippen LogP contribution in [0.4, 0.5) is 0 Å². The lowest BCUT2D eigenvalue weighted by molar-refractivity contribution is -0.144. The molecule has 0 aliphatic carbocycles. The van der Waals surface area contributed by atoms with Gasteiger partial charge in [0.1, 0.15) is 0 Å². The van der Waals surface area contributed by atoms with Crippen LogP contribution >= 0.6 is 0 Å². The summed E-state index contributed by atoms with van der Waals surface area (Å²) in [6.45, 7) is 3.77. The average Bonchev–Trinajstić information content (AvgIpc) is 3.15. The topological polar surface area (TPSA) is 54.8 Å². The maximum Gasteiger partial charge on any atom is 0.254 e. The minimum Gasteiger partial charge on any atom is -0.383 e. The monoisotopic (exact) mass is 395 g/mol. The highest BCUT2D eigenvalue weighted by atomic mass is 16.5. The molecule has 29 heavy (non-hydrogen) atoms. The Morgan fingerprint density at radius 2 is 2.10 bits per heavy atom. The van der Waals surface area contributed by atoms with Crippen LogP contribution in [-0.4, -0.2) is 65.6 Å². The van der Waals surface area contributed by atoms with Crippen LogP contribution < -0.4 is 0 Å². The number of carbonyl (C=O) groups is 2. The van der Waals surface area contributed by atoms with Crippen LogP contribution in [0.3, 0.4) is 0 Å². The third kappa shape index (κ3) is 3.23. The van der Waals surface area contributed by atoms with E-state index in [0.29, 0.717) is 36.8 Å². The first-order valence-corrected chi connectivity index (χ1v) is 10.8. The van der Waals surface area contributed by atoms with Gasteiger partial charge in [-0.25, -0.2) is 0 Å². The van der Waals surface area contributed by atoms with Gasteiger partial charge in [-0.05, 0) is 49.3 Å². The second kappa shape index (κ2) is 7.48. The van der Waals surface area contributed by atoms with Crippen LogP contribution in [-0.2, 0) is 16.1 Å². The number of carbonyl (C=O) groups excluding carboxylic acids is 2. The molecule has 3 saturated heterocycles. The quantitative estimate of drug-likeness (QED) is 0.800. The van der Waals surface area contributed by atoms with Crippen molar-refractivity contribution in [2.24, 2.45) is 11.8 Å². The Hall–Kier alpha value is -2.34. The number of aromatic nitrogens is 1. The molecule has 1 aromatic heterocycles. The summed E-state index contributed by atoms with van der Waals surface area (Å²) in [5.74, 6) is 1.27. The number of piperidine rings is 3. The van der Waals surface area contributed by atoms with Crippen molar-refractivity contribution in [1.82, 2.24) is 14.4 Å². The highest BCUT2D eigenvalue weighted by molar-refractivity contribution is 6.06. The number of hydrogen-bond donors (Lipinski definition) is 0. The van der Waals surface area contributed by atoms with E-state index in [1.165, 1.54) is 0 Å². The van der Waals surface area contributed by atoms with Crippen LogP contribution in [0.25, 0.3) is 10.9 Å². The molecule has 6 heteroatoms. The SMILES string of the molecule is COCCn1ccc2c(C(=O)N3C[C@H]4C[C@@H](C3)[C@@H]3CCCC(=O)N3C4)cccc21. The van der Waals surface area contributed by atoms with Gasteiger partial charge in [-0.3, -0.25) is 9.59 Å². The minimum absolute atomic E-state index is 0.130. The molecule has 3 aliphatic rings. The molecular formula is C23H29N3O3. The number of nitrogens with zero attached hydrogens (tertiary/aromatic N) is 3. The molecule has 1 aromatic carbocycles. The van der Waals surface area contributed by atoms with Gasteiger partial charge in [-0.1, -0.05) is 6.07 Å². The van der Waals surface area contributed by atoms with Gasteiger partial charge in [0.2, 0.25) is 5.91 Å². The average molecular weight is 396 g/mol. The van der Waals surface area contributed by atoms with Crippen LogP contribution in [0.1, 0.15) is 36.0 Å². The molecule has 0 saturated carbocycles. The molecule has 4 heterocycles. The van der Waals surface area contributed by atoms with Gasteiger partial charge in [0, 0.05) is 68.4 Å². The van der Waals surface area contributed by atoms with Crippen molar-refractivity contribution in [3.8, 4) is 0 Å². The van der Waals surface area contributed by atoms with Gasteiger partial charge in [-0.2, -0.15) is 0 Å². The largest absolute Gasteiger partial charge is 0.383 e. The number of amides is 2. The van der Waals surface area contributed by atoms with Crippen LogP contribution in [0.5, 0.6) is 0 Å². The predicted molar refractivity (Wildman–Crippen MR) is 111 cm³/mol. The molecule has 0 radical (unpaired) electrons. The van der Waals surface area contributed by atoms with E-state index in [-0.39, 0.29) is 5.91 Å². The third-order valence-electron chi connectivity index (χ3n) is 7.05. The zero-order chi connectivity index (χ0) is 20.0. The van der Waals surface area contributed by atoms with E-state index in [2.05, 4.69) is 20.4 Å². The van der Waals surface area contributed by atoms with Crippen molar-refractivity contribution >= 4 is 22.7 Å². The van der Waals surface area contributed by atoms with E-state index in [1.54, 1.807) is 7.11 Å². The molecule has 2 bridgehead atoms. The summed E-state index contributed by atoms with van der Waals surface area (Å²) >= 11 is 0.